The summed E-state index contributed by atoms with van der Waals surface area (Å²) in [6, 6.07) is 0. The summed E-state index contributed by atoms with van der Waals surface area (Å²) in [7, 11) is 0. The van der Waals surface area contributed by atoms with Gasteiger partial charge in [0, 0.05) is 6.42 Å². The average Bonchev–Trinajstić information content (AvgIpc) is 2.00. The zero-order valence-corrected chi connectivity index (χ0v) is 9.47. The molecule has 0 amide bonds. The summed E-state index contributed by atoms with van der Waals surface area (Å²) in [6.07, 6.45) is 8.53. The van der Waals surface area contributed by atoms with Crippen molar-refractivity contribution in [1.82, 2.24) is 0 Å². The van der Waals surface area contributed by atoms with Crippen LogP contribution in [0.3, 0.4) is 0 Å². The molecule has 2 rings (SSSR count). The van der Waals surface area contributed by atoms with E-state index in [0.717, 1.165) is 6.42 Å². The lowest BCUT2D eigenvalue weighted by molar-refractivity contribution is -0.120. The van der Waals surface area contributed by atoms with E-state index in [1.807, 2.05) is 0 Å². The molecular formula is C13H20O. The van der Waals surface area contributed by atoms with Crippen LogP contribution in [0.5, 0.6) is 0 Å². The molecule has 0 radical (unpaired) electrons. The van der Waals surface area contributed by atoms with Gasteiger partial charge in [0.15, 0.2) is 5.78 Å². The zero-order chi connectivity index (χ0) is 10.4. The Kier molecular flexibility index (Phi) is 2.09. The Labute approximate surface area is 86.6 Å². The molecule has 2 aliphatic rings. The molecule has 0 unspecified atom stereocenters. The number of carbonyl (C=O) groups excluding carboxylic acids is 1. The van der Waals surface area contributed by atoms with E-state index >= 15 is 0 Å². The van der Waals surface area contributed by atoms with E-state index in [1.54, 1.807) is 6.08 Å². The molecule has 0 aromatic rings. The van der Waals surface area contributed by atoms with Gasteiger partial charge in [-0.25, -0.2) is 0 Å². The van der Waals surface area contributed by atoms with Crippen molar-refractivity contribution in [3.05, 3.63) is 12.2 Å². The van der Waals surface area contributed by atoms with Crippen LogP contribution in [0.4, 0.5) is 0 Å². The number of allylic oxidation sites excluding steroid dienone is 2. The third kappa shape index (κ3) is 1.43. The molecule has 0 saturated heterocycles. The largest absolute Gasteiger partial charge is 0.295 e. The molecule has 0 heterocycles. The van der Waals surface area contributed by atoms with Crippen molar-refractivity contribution < 1.29 is 4.79 Å². The van der Waals surface area contributed by atoms with Gasteiger partial charge < -0.3 is 0 Å². The lowest BCUT2D eigenvalue weighted by Gasteiger charge is -2.51. The average molecular weight is 192 g/mol. The smallest absolute Gasteiger partial charge is 0.155 e. The van der Waals surface area contributed by atoms with Crippen LogP contribution in [0.15, 0.2) is 12.2 Å². The first-order valence-electron chi connectivity index (χ1n) is 5.65. The van der Waals surface area contributed by atoms with E-state index < -0.39 is 0 Å². The van der Waals surface area contributed by atoms with Crippen molar-refractivity contribution in [1.29, 1.82) is 0 Å². The van der Waals surface area contributed by atoms with Crippen LogP contribution in [-0.4, -0.2) is 5.78 Å². The molecule has 0 aromatic carbocycles. The first kappa shape index (κ1) is 9.95. The number of carbonyl (C=O) groups is 1. The van der Waals surface area contributed by atoms with E-state index in [1.165, 1.54) is 19.3 Å². The van der Waals surface area contributed by atoms with E-state index in [0.29, 0.717) is 17.1 Å². The van der Waals surface area contributed by atoms with Gasteiger partial charge >= 0.3 is 0 Å². The van der Waals surface area contributed by atoms with E-state index in [9.17, 15) is 4.79 Å². The van der Waals surface area contributed by atoms with Gasteiger partial charge in [-0.15, -0.1) is 0 Å². The fourth-order valence-electron chi connectivity index (χ4n) is 3.55. The first-order chi connectivity index (χ1) is 6.44. The number of rotatable bonds is 0. The number of hydrogen-bond donors (Lipinski definition) is 0. The monoisotopic (exact) mass is 192 g/mol. The molecule has 1 fully saturated rings. The maximum Gasteiger partial charge on any atom is 0.155 e. The highest BCUT2D eigenvalue weighted by Gasteiger charge is 2.47. The summed E-state index contributed by atoms with van der Waals surface area (Å²) in [5, 5.41) is 0. The Bertz CT molecular complexity index is 288. The minimum atomic E-state index is 0.244. The maximum absolute atomic E-state index is 11.4. The molecule has 78 valence electrons. The summed E-state index contributed by atoms with van der Waals surface area (Å²) in [4.78, 5) is 11.4. The second-order valence-corrected chi connectivity index (χ2v) is 5.98. The van der Waals surface area contributed by atoms with Crippen LogP contribution < -0.4 is 0 Å². The van der Waals surface area contributed by atoms with E-state index in [-0.39, 0.29) is 5.41 Å². The van der Waals surface area contributed by atoms with Crippen molar-refractivity contribution in [2.75, 3.05) is 0 Å². The summed E-state index contributed by atoms with van der Waals surface area (Å²) in [5.74, 6) is 0.919. The first-order valence-corrected chi connectivity index (χ1v) is 5.65. The third-order valence-corrected chi connectivity index (χ3v) is 4.21. The predicted octanol–water partition coefficient (Wildman–Crippen LogP) is 3.35. The molecule has 0 aromatic heterocycles. The van der Waals surface area contributed by atoms with Gasteiger partial charge in [0.1, 0.15) is 0 Å². The van der Waals surface area contributed by atoms with Gasteiger partial charge in [0.05, 0.1) is 0 Å². The quantitative estimate of drug-likeness (QED) is 0.575. The second kappa shape index (κ2) is 2.95. The Morgan fingerprint density at radius 1 is 1.29 bits per heavy atom. The van der Waals surface area contributed by atoms with Crippen molar-refractivity contribution in [3.63, 3.8) is 0 Å². The van der Waals surface area contributed by atoms with Crippen LogP contribution in [0.1, 0.15) is 46.5 Å². The third-order valence-electron chi connectivity index (χ3n) is 4.21. The lowest BCUT2D eigenvalue weighted by Crippen LogP contribution is -2.43. The zero-order valence-electron chi connectivity index (χ0n) is 9.47. The van der Waals surface area contributed by atoms with E-state index in [2.05, 4.69) is 26.8 Å². The fourth-order valence-corrected chi connectivity index (χ4v) is 3.55. The minimum Gasteiger partial charge on any atom is -0.295 e. The van der Waals surface area contributed by atoms with E-state index in [4.69, 9.17) is 0 Å². The molecule has 2 atom stereocenters. The summed E-state index contributed by atoms with van der Waals surface area (Å²) < 4.78 is 0. The highest BCUT2D eigenvalue weighted by Crippen LogP contribution is 2.54. The van der Waals surface area contributed by atoms with Crippen molar-refractivity contribution in [3.8, 4) is 0 Å². The normalized spacial score (nSPS) is 40.8. The predicted molar refractivity (Wildman–Crippen MR) is 58.0 cm³/mol. The summed E-state index contributed by atoms with van der Waals surface area (Å²) >= 11 is 0. The van der Waals surface area contributed by atoms with Gasteiger partial charge in [-0.1, -0.05) is 33.3 Å². The van der Waals surface area contributed by atoms with Crippen molar-refractivity contribution in [2.24, 2.45) is 16.7 Å². The number of ketones is 1. The van der Waals surface area contributed by atoms with Crippen LogP contribution >= 0.6 is 0 Å². The maximum atomic E-state index is 11.4. The topological polar surface area (TPSA) is 17.1 Å². The molecule has 14 heavy (non-hydrogen) atoms. The SMILES string of the molecule is CC1(C)CCC[C@@]2(C)CC(=O)C=C[C@@H]12. The van der Waals surface area contributed by atoms with Gasteiger partial charge in [-0.3, -0.25) is 4.79 Å². The molecule has 0 spiro atoms. The molecular weight excluding hydrogens is 172 g/mol. The molecule has 0 aliphatic heterocycles. The standard InChI is InChI=1S/C13H20O/c1-12(2)7-4-8-13(3)9-10(14)5-6-11(12)13/h5-6,11H,4,7-9H2,1-3H3/t11-,13-/m0/s1. The molecule has 1 saturated carbocycles. The summed E-state index contributed by atoms with van der Waals surface area (Å²) in [6.45, 7) is 6.98. The molecule has 1 nitrogen and oxygen atoms in total. The highest BCUT2D eigenvalue weighted by atomic mass is 16.1. The Morgan fingerprint density at radius 2 is 2.00 bits per heavy atom. The molecule has 2 aliphatic carbocycles. The lowest BCUT2D eigenvalue weighted by atomic mass is 9.53. The fraction of sp³-hybridized carbons (Fsp3) is 0.769. The Balaban J connectivity index is 2.36. The van der Waals surface area contributed by atoms with Crippen LogP contribution in [0.25, 0.3) is 0 Å². The Morgan fingerprint density at radius 3 is 2.71 bits per heavy atom. The van der Waals surface area contributed by atoms with Crippen LogP contribution in [0.2, 0.25) is 0 Å². The minimum absolute atomic E-state index is 0.244. The van der Waals surface area contributed by atoms with Crippen molar-refractivity contribution >= 4 is 5.78 Å². The summed E-state index contributed by atoms with van der Waals surface area (Å²) in [5.41, 5.74) is 0.623. The van der Waals surface area contributed by atoms with Crippen molar-refractivity contribution in [2.45, 2.75) is 46.5 Å². The number of fused-ring (bicyclic) bond motifs is 1. The molecule has 0 bridgehead atoms. The van der Waals surface area contributed by atoms with Gasteiger partial charge in [0.25, 0.3) is 0 Å². The van der Waals surface area contributed by atoms with Gasteiger partial charge in [-0.2, -0.15) is 0 Å². The van der Waals surface area contributed by atoms with Crippen LogP contribution in [-0.2, 0) is 4.79 Å². The van der Waals surface area contributed by atoms with Crippen LogP contribution in [0, 0.1) is 16.7 Å². The van der Waals surface area contributed by atoms with Gasteiger partial charge in [-0.05, 0) is 35.7 Å². The van der Waals surface area contributed by atoms with Gasteiger partial charge in [0.2, 0.25) is 0 Å². The Hall–Kier alpha value is -0.590. The second-order valence-electron chi connectivity index (χ2n) is 5.98. The molecule has 1 heteroatoms. The highest BCUT2D eigenvalue weighted by molar-refractivity contribution is 5.91. The number of hydrogen-bond acceptors (Lipinski definition) is 1. The molecule has 0 N–H and O–H groups in total.